The van der Waals surface area contributed by atoms with Crippen molar-refractivity contribution in [2.75, 3.05) is 38.6 Å². The predicted octanol–water partition coefficient (Wildman–Crippen LogP) is 1.35. The summed E-state index contributed by atoms with van der Waals surface area (Å²) in [7, 11) is 3.50. The van der Waals surface area contributed by atoms with E-state index in [1.54, 1.807) is 25.2 Å². The summed E-state index contributed by atoms with van der Waals surface area (Å²) in [5, 5.41) is 0. The number of piperidine rings is 1. The first kappa shape index (κ1) is 14.8. The van der Waals surface area contributed by atoms with E-state index in [1.165, 1.54) is 12.8 Å². The van der Waals surface area contributed by atoms with Crippen LogP contribution >= 0.6 is 0 Å². The van der Waals surface area contributed by atoms with E-state index < -0.39 is 0 Å². The van der Waals surface area contributed by atoms with E-state index in [-0.39, 0.29) is 5.91 Å². The van der Waals surface area contributed by atoms with Crippen LogP contribution in [0.4, 0.5) is 5.82 Å². The van der Waals surface area contributed by atoms with Gasteiger partial charge in [0.15, 0.2) is 0 Å². The predicted molar refractivity (Wildman–Crippen MR) is 80.9 cm³/mol. The lowest BCUT2D eigenvalue weighted by atomic mass is 9.95. The van der Waals surface area contributed by atoms with Crippen LogP contribution in [0.25, 0.3) is 0 Å². The highest BCUT2D eigenvalue weighted by Gasteiger charge is 2.20. The molecular weight excluding hydrogens is 252 g/mol. The lowest BCUT2D eigenvalue weighted by Gasteiger charge is -2.33. The lowest BCUT2D eigenvalue weighted by molar-refractivity contribution is 0.0827. The molecule has 5 nitrogen and oxygen atoms in total. The van der Waals surface area contributed by atoms with Crippen molar-refractivity contribution in [1.29, 1.82) is 0 Å². The first-order valence-corrected chi connectivity index (χ1v) is 7.24. The molecule has 2 N–H and O–H groups in total. The summed E-state index contributed by atoms with van der Waals surface area (Å²) in [6.45, 7) is 2.81. The van der Waals surface area contributed by atoms with E-state index in [9.17, 15) is 4.79 Å². The highest BCUT2D eigenvalue weighted by molar-refractivity contribution is 5.93. The topological polar surface area (TPSA) is 62.5 Å². The monoisotopic (exact) mass is 276 g/mol. The zero-order chi connectivity index (χ0) is 14.5. The molecule has 1 aliphatic rings. The molecule has 1 aromatic heterocycles. The third-order valence-corrected chi connectivity index (χ3v) is 3.82. The van der Waals surface area contributed by atoms with Gasteiger partial charge < -0.3 is 15.5 Å². The fourth-order valence-corrected chi connectivity index (χ4v) is 2.70. The number of rotatable bonds is 4. The summed E-state index contributed by atoms with van der Waals surface area (Å²) in [6, 6.07) is 3.80. The SMILES string of the molecule is CN(C)C(=O)c1ccc(N2CCCC(CCN)C2)nc1. The molecule has 1 fully saturated rings. The van der Waals surface area contributed by atoms with Crippen LogP contribution in [0.5, 0.6) is 0 Å². The second-order valence-electron chi connectivity index (χ2n) is 5.64. The smallest absolute Gasteiger partial charge is 0.254 e. The minimum Gasteiger partial charge on any atom is -0.356 e. The number of pyridine rings is 1. The molecule has 2 heterocycles. The summed E-state index contributed by atoms with van der Waals surface area (Å²) in [5.74, 6) is 1.62. The summed E-state index contributed by atoms with van der Waals surface area (Å²) in [6.07, 6.45) is 5.19. The molecule has 0 aliphatic carbocycles. The van der Waals surface area contributed by atoms with Gasteiger partial charge in [-0.2, -0.15) is 0 Å². The van der Waals surface area contributed by atoms with Crippen LogP contribution in [0.3, 0.4) is 0 Å². The van der Waals surface area contributed by atoms with Crippen molar-refractivity contribution in [3.63, 3.8) is 0 Å². The fraction of sp³-hybridized carbons (Fsp3) is 0.600. The second-order valence-corrected chi connectivity index (χ2v) is 5.64. The fourth-order valence-electron chi connectivity index (χ4n) is 2.70. The highest BCUT2D eigenvalue weighted by atomic mass is 16.2. The van der Waals surface area contributed by atoms with Gasteiger partial charge in [-0.3, -0.25) is 4.79 Å². The summed E-state index contributed by atoms with van der Waals surface area (Å²) >= 11 is 0. The minimum atomic E-state index is -0.0105. The molecule has 5 heteroatoms. The Kier molecular flexibility index (Phi) is 4.95. The van der Waals surface area contributed by atoms with Crippen LogP contribution in [0.2, 0.25) is 0 Å². The normalized spacial score (nSPS) is 18.9. The number of hydrogen-bond donors (Lipinski definition) is 1. The molecule has 2 rings (SSSR count). The van der Waals surface area contributed by atoms with Gasteiger partial charge in [0.1, 0.15) is 5.82 Å². The maximum Gasteiger partial charge on any atom is 0.254 e. The lowest BCUT2D eigenvalue weighted by Crippen LogP contribution is -2.36. The molecule has 1 aliphatic heterocycles. The number of nitrogens with two attached hydrogens (primary N) is 1. The van der Waals surface area contributed by atoms with E-state index in [0.717, 1.165) is 31.9 Å². The van der Waals surface area contributed by atoms with E-state index in [0.29, 0.717) is 11.5 Å². The standard InChI is InChI=1S/C15H24N4O/c1-18(2)15(20)13-5-6-14(17-10-13)19-9-3-4-12(11-19)7-8-16/h5-6,10,12H,3-4,7-9,11,16H2,1-2H3. The van der Waals surface area contributed by atoms with Gasteiger partial charge in [-0.25, -0.2) is 4.98 Å². The van der Waals surface area contributed by atoms with Crippen LogP contribution in [-0.2, 0) is 0 Å². The van der Waals surface area contributed by atoms with Gasteiger partial charge in [0.2, 0.25) is 0 Å². The highest BCUT2D eigenvalue weighted by Crippen LogP contribution is 2.23. The molecule has 0 radical (unpaired) electrons. The number of carbonyl (C=O) groups is 1. The molecule has 20 heavy (non-hydrogen) atoms. The summed E-state index contributed by atoms with van der Waals surface area (Å²) in [4.78, 5) is 20.1. The number of hydrogen-bond acceptors (Lipinski definition) is 4. The van der Waals surface area contributed by atoms with Crippen molar-refractivity contribution < 1.29 is 4.79 Å². The van der Waals surface area contributed by atoms with Gasteiger partial charge in [0, 0.05) is 33.4 Å². The average molecular weight is 276 g/mol. The largest absolute Gasteiger partial charge is 0.356 e. The maximum absolute atomic E-state index is 11.8. The van der Waals surface area contributed by atoms with Crippen LogP contribution in [0.15, 0.2) is 18.3 Å². The Balaban J connectivity index is 2.04. The molecule has 0 bridgehead atoms. The molecule has 1 unspecified atom stereocenters. The Bertz CT molecular complexity index is 442. The van der Waals surface area contributed by atoms with Gasteiger partial charge >= 0.3 is 0 Å². The van der Waals surface area contributed by atoms with E-state index >= 15 is 0 Å². The molecular formula is C15H24N4O. The van der Waals surface area contributed by atoms with Crippen molar-refractivity contribution in [3.05, 3.63) is 23.9 Å². The Hall–Kier alpha value is -1.62. The molecule has 0 saturated carbocycles. The first-order chi connectivity index (χ1) is 9.61. The van der Waals surface area contributed by atoms with Gasteiger partial charge in [-0.15, -0.1) is 0 Å². The van der Waals surface area contributed by atoms with E-state index in [2.05, 4.69) is 9.88 Å². The van der Waals surface area contributed by atoms with Gasteiger partial charge in [0.05, 0.1) is 5.56 Å². The third kappa shape index (κ3) is 3.48. The number of anilines is 1. The number of nitrogens with zero attached hydrogens (tertiary/aromatic N) is 3. The van der Waals surface area contributed by atoms with Crippen LogP contribution in [0, 0.1) is 5.92 Å². The van der Waals surface area contributed by atoms with Crippen molar-refractivity contribution in [3.8, 4) is 0 Å². The summed E-state index contributed by atoms with van der Waals surface area (Å²) in [5.41, 5.74) is 6.28. The molecule has 1 aromatic rings. The third-order valence-electron chi connectivity index (χ3n) is 3.82. The van der Waals surface area contributed by atoms with Crippen LogP contribution in [-0.4, -0.2) is 49.5 Å². The van der Waals surface area contributed by atoms with Crippen LogP contribution in [0.1, 0.15) is 29.6 Å². The minimum absolute atomic E-state index is 0.0105. The van der Waals surface area contributed by atoms with Crippen molar-refractivity contribution >= 4 is 11.7 Å². The quantitative estimate of drug-likeness (QED) is 0.901. The van der Waals surface area contributed by atoms with Crippen molar-refractivity contribution in [2.45, 2.75) is 19.3 Å². The van der Waals surface area contributed by atoms with E-state index in [4.69, 9.17) is 5.73 Å². The van der Waals surface area contributed by atoms with Gasteiger partial charge in [0.25, 0.3) is 5.91 Å². The van der Waals surface area contributed by atoms with Gasteiger partial charge in [-0.05, 0) is 43.9 Å². The Morgan fingerprint density at radius 1 is 1.50 bits per heavy atom. The molecule has 0 aromatic carbocycles. The number of aromatic nitrogens is 1. The first-order valence-electron chi connectivity index (χ1n) is 7.24. The Morgan fingerprint density at radius 2 is 2.30 bits per heavy atom. The Morgan fingerprint density at radius 3 is 2.90 bits per heavy atom. The molecule has 1 amide bonds. The van der Waals surface area contributed by atoms with E-state index in [1.807, 2.05) is 12.1 Å². The molecule has 1 saturated heterocycles. The zero-order valence-corrected chi connectivity index (χ0v) is 12.4. The van der Waals surface area contributed by atoms with Crippen LogP contribution < -0.4 is 10.6 Å². The van der Waals surface area contributed by atoms with Crippen molar-refractivity contribution in [2.24, 2.45) is 11.7 Å². The molecule has 1 atom stereocenters. The number of carbonyl (C=O) groups excluding carboxylic acids is 1. The van der Waals surface area contributed by atoms with Gasteiger partial charge in [-0.1, -0.05) is 0 Å². The average Bonchev–Trinajstić information content (AvgIpc) is 2.47. The second kappa shape index (κ2) is 6.70. The molecule has 110 valence electrons. The van der Waals surface area contributed by atoms with Crippen molar-refractivity contribution in [1.82, 2.24) is 9.88 Å². The Labute approximate surface area is 120 Å². The number of amides is 1. The molecule has 0 spiro atoms. The maximum atomic E-state index is 11.8. The summed E-state index contributed by atoms with van der Waals surface area (Å²) < 4.78 is 0. The zero-order valence-electron chi connectivity index (χ0n) is 12.4.